The fourth-order valence-corrected chi connectivity index (χ4v) is 2.52. The number of rotatable bonds is 1. The van der Waals surface area contributed by atoms with Crippen molar-refractivity contribution in [3.63, 3.8) is 0 Å². The molecule has 0 amide bonds. The van der Waals surface area contributed by atoms with E-state index in [-0.39, 0.29) is 4.87 Å². The summed E-state index contributed by atoms with van der Waals surface area (Å²) in [5, 5.41) is 1.01. The van der Waals surface area contributed by atoms with E-state index in [0.29, 0.717) is 0 Å². The topological polar surface area (TPSA) is 45.2 Å². The fourth-order valence-electron chi connectivity index (χ4n) is 0.873. The zero-order valence-corrected chi connectivity index (χ0v) is 7.30. The molecule has 2 heterocycles. The second-order valence-corrected chi connectivity index (χ2v) is 4.18. The molecule has 0 aromatic carbocycles. The number of nitrogens with one attached hydrogen (secondary N) is 1. The van der Waals surface area contributed by atoms with Crippen LogP contribution in [0.3, 0.4) is 0 Å². The Hall–Kier alpha value is -0.550. The molecular weight excluding hydrogens is 180 g/mol. The smallest absolute Gasteiger partial charge is 0.305 e. The summed E-state index contributed by atoms with van der Waals surface area (Å²) in [5.74, 6) is 1.04. The molecule has 0 saturated heterocycles. The fraction of sp³-hybridized carbons (Fsp3) is 0.333. The molecule has 3 nitrogen and oxygen atoms in total. The molecule has 0 spiro atoms. The lowest BCUT2D eigenvalue weighted by molar-refractivity contribution is 1.18. The lowest BCUT2D eigenvalue weighted by atomic mass is 10.6. The molecule has 0 unspecified atom stereocenters. The van der Waals surface area contributed by atoms with Crippen molar-refractivity contribution in [2.75, 3.05) is 12.3 Å². The van der Waals surface area contributed by atoms with Gasteiger partial charge < -0.3 is 4.98 Å². The van der Waals surface area contributed by atoms with Crippen LogP contribution in [0.1, 0.15) is 4.88 Å². The predicted octanol–water partition coefficient (Wildman–Crippen LogP) is 0.930. The van der Waals surface area contributed by atoms with Gasteiger partial charge in [0.2, 0.25) is 0 Å². The summed E-state index contributed by atoms with van der Waals surface area (Å²) < 4.78 is 0. The Morgan fingerprint density at radius 3 is 3.09 bits per heavy atom. The van der Waals surface area contributed by atoms with E-state index in [1.54, 1.807) is 18.0 Å². The second kappa shape index (κ2) is 2.83. The van der Waals surface area contributed by atoms with E-state index in [4.69, 9.17) is 0 Å². The lowest BCUT2D eigenvalue weighted by Crippen LogP contribution is -1.88. The largest absolute Gasteiger partial charge is 0.319 e. The number of aromatic nitrogens is 1. The van der Waals surface area contributed by atoms with Crippen LogP contribution < -0.4 is 4.87 Å². The quantitative estimate of drug-likeness (QED) is 0.709. The molecule has 11 heavy (non-hydrogen) atoms. The minimum Gasteiger partial charge on any atom is -0.319 e. The first-order valence-corrected chi connectivity index (χ1v) is 5.02. The summed E-state index contributed by atoms with van der Waals surface area (Å²) in [7, 11) is 0. The third kappa shape index (κ3) is 1.39. The van der Waals surface area contributed by atoms with Gasteiger partial charge in [-0.05, 0) is 0 Å². The van der Waals surface area contributed by atoms with E-state index in [9.17, 15) is 4.79 Å². The Labute approximate surface area is 71.6 Å². The molecule has 1 aromatic heterocycles. The molecule has 0 bridgehead atoms. The van der Waals surface area contributed by atoms with Crippen molar-refractivity contribution in [1.82, 2.24) is 4.98 Å². The van der Waals surface area contributed by atoms with Gasteiger partial charge in [-0.15, -0.1) is 11.8 Å². The first-order chi connectivity index (χ1) is 5.36. The maximum atomic E-state index is 10.7. The molecule has 0 aliphatic carbocycles. The van der Waals surface area contributed by atoms with Gasteiger partial charge in [0, 0.05) is 18.5 Å². The molecule has 58 valence electrons. The number of H-pyrrole nitrogens is 1. The highest BCUT2D eigenvalue weighted by Gasteiger charge is 2.11. The lowest BCUT2D eigenvalue weighted by Gasteiger charge is -1.88. The number of thiazole rings is 1. The number of aliphatic imine (C=N–C) groups is 1. The van der Waals surface area contributed by atoms with Gasteiger partial charge in [0.1, 0.15) is 5.04 Å². The molecule has 1 N–H and O–H groups in total. The Kier molecular flexibility index (Phi) is 1.83. The number of hydrogen-bond acceptors (Lipinski definition) is 4. The van der Waals surface area contributed by atoms with Crippen molar-refractivity contribution in [1.29, 1.82) is 0 Å². The van der Waals surface area contributed by atoms with Gasteiger partial charge in [0.05, 0.1) is 4.88 Å². The van der Waals surface area contributed by atoms with Crippen LogP contribution in [0.2, 0.25) is 0 Å². The van der Waals surface area contributed by atoms with E-state index >= 15 is 0 Å². The van der Waals surface area contributed by atoms with Crippen molar-refractivity contribution in [3.05, 3.63) is 20.7 Å². The molecule has 5 heteroatoms. The summed E-state index contributed by atoms with van der Waals surface area (Å²) in [6.07, 6.45) is 1.73. The highest BCUT2D eigenvalue weighted by Crippen LogP contribution is 2.19. The Bertz CT molecular complexity index is 338. The first-order valence-electron chi connectivity index (χ1n) is 3.22. The van der Waals surface area contributed by atoms with Gasteiger partial charge in [0.25, 0.3) is 0 Å². The first kappa shape index (κ1) is 7.12. The van der Waals surface area contributed by atoms with Crippen LogP contribution in [-0.2, 0) is 0 Å². The van der Waals surface area contributed by atoms with Gasteiger partial charge in [-0.3, -0.25) is 9.79 Å². The Morgan fingerprint density at radius 2 is 2.55 bits per heavy atom. The highest BCUT2D eigenvalue weighted by atomic mass is 32.2. The summed E-state index contributed by atoms with van der Waals surface area (Å²) in [6, 6.07) is 0. The number of nitrogens with zero attached hydrogens (tertiary/aromatic N) is 1. The van der Waals surface area contributed by atoms with Gasteiger partial charge in [0.15, 0.2) is 0 Å². The Balaban J connectivity index is 2.35. The van der Waals surface area contributed by atoms with E-state index < -0.39 is 0 Å². The maximum absolute atomic E-state index is 10.7. The molecule has 0 saturated carbocycles. The van der Waals surface area contributed by atoms with Crippen LogP contribution in [0.25, 0.3) is 0 Å². The molecule has 0 fully saturated rings. The van der Waals surface area contributed by atoms with Crippen LogP contribution in [0.15, 0.2) is 16.0 Å². The molecule has 1 aromatic rings. The normalized spacial score (nSPS) is 16.9. The average molecular weight is 186 g/mol. The predicted molar refractivity (Wildman–Crippen MR) is 48.8 cm³/mol. The molecule has 0 atom stereocenters. The Morgan fingerprint density at radius 1 is 1.64 bits per heavy atom. The van der Waals surface area contributed by atoms with Crippen LogP contribution in [0.4, 0.5) is 0 Å². The van der Waals surface area contributed by atoms with Gasteiger partial charge in [-0.25, -0.2) is 0 Å². The zero-order valence-electron chi connectivity index (χ0n) is 5.66. The monoisotopic (exact) mass is 186 g/mol. The standard InChI is InChI=1S/C6H6N2OS2/c9-6-8-3-4(11-6)5-7-1-2-10-5/h3H,1-2H2,(H,8,9). The number of thioether (sulfide) groups is 1. The van der Waals surface area contributed by atoms with Crippen LogP contribution in [-0.4, -0.2) is 22.3 Å². The number of aromatic amines is 1. The highest BCUT2D eigenvalue weighted by molar-refractivity contribution is 8.15. The van der Waals surface area contributed by atoms with Crippen LogP contribution >= 0.6 is 23.1 Å². The van der Waals surface area contributed by atoms with Crippen LogP contribution in [0, 0.1) is 0 Å². The minimum absolute atomic E-state index is 0.00444. The van der Waals surface area contributed by atoms with E-state index in [0.717, 1.165) is 22.2 Å². The number of hydrogen-bond donors (Lipinski definition) is 1. The van der Waals surface area contributed by atoms with Crippen LogP contribution in [0.5, 0.6) is 0 Å². The third-order valence-corrected chi connectivity index (χ3v) is 3.29. The summed E-state index contributed by atoms with van der Waals surface area (Å²) in [5.41, 5.74) is 0. The maximum Gasteiger partial charge on any atom is 0.305 e. The van der Waals surface area contributed by atoms with Gasteiger partial charge in [-0.1, -0.05) is 11.3 Å². The average Bonchev–Trinajstić information content (AvgIpc) is 2.55. The molecule has 1 aliphatic rings. The second-order valence-electron chi connectivity index (χ2n) is 2.08. The van der Waals surface area contributed by atoms with Crippen molar-refractivity contribution in [2.45, 2.75) is 0 Å². The van der Waals surface area contributed by atoms with Crippen molar-refractivity contribution in [3.8, 4) is 0 Å². The summed E-state index contributed by atoms with van der Waals surface area (Å²) in [6.45, 7) is 0.881. The van der Waals surface area contributed by atoms with Gasteiger partial charge >= 0.3 is 4.87 Å². The molecular formula is C6H6N2OS2. The third-order valence-electron chi connectivity index (χ3n) is 1.32. The van der Waals surface area contributed by atoms with E-state index in [1.807, 2.05) is 0 Å². The minimum atomic E-state index is -0.00444. The van der Waals surface area contributed by atoms with Gasteiger partial charge in [-0.2, -0.15) is 0 Å². The van der Waals surface area contributed by atoms with Crippen molar-refractivity contribution < 1.29 is 0 Å². The zero-order chi connectivity index (χ0) is 7.68. The van der Waals surface area contributed by atoms with E-state index in [1.165, 1.54) is 11.3 Å². The van der Waals surface area contributed by atoms with E-state index in [2.05, 4.69) is 9.98 Å². The summed E-state index contributed by atoms with van der Waals surface area (Å²) in [4.78, 5) is 18.6. The van der Waals surface area contributed by atoms with Crippen molar-refractivity contribution >= 4 is 28.1 Å². The molecule has 1 aliphatic heterocycles. The summed E-state index contributed by atoms with van der Waals surface area (Å²) >= 11 is 2.93. The molecule has 2 rings (SSSR count). The molecule has 0 radical (unpaired) electrons. The van der Waals surface area contributed by atoms with Crippen molar-refractivity contribution in [2.24, 2.45) is 4.99 Å². The SMILES string of the molecule is O=c1[nH]cc(C2=NCCS2)s1.